The van der Waals surface area contributed by atoms with Crippen LogP contribution >= 0.6 is 0 Å². The Morgan fingerprint density at radius 1 is 0.778 bits per heavy atom. The van der Waals surface area contributed by atoms with E-state index in [0.29, 0.717) is 45.5 Å². The molecule has 0 radical (unpaired) electrons. The van der Waals surface area contributed by atoms with Gasteiger partial charge in [-0.25, -0.2) is 4.79 Å². The highest BCUT2D eigenvalue weighted by molar-refractivity contribution is 6.18. The number of pyridine rings is 1. The molecule has 0 fully saturated rings. The third-order valence-corrected chi connectivity index (χ3v) is 5.73. The molecule has 4 aromatic rings. The van der Waals surface area contributed by atoms with Gasteiger partial charge in [0.15, 0.2) is 23.0 Å². The minimum Gasteiger partial charge on any atom is -0.493 e. The predicted molar refractivity (Wildman–Crippen MR) is 137 cm³/mol. The number of hydrogen-bond acceptors (Lipinski definition) is 8. The molecule has 0 N–H and O–H groups in total. The van der Waals surface area contributed by atoms with E-state index in [4.69, 9.17) is 23.8 Å². The van der Waals surface area contributed by atoms with E-state index in [1.807, 2.05) is 37.3 Å². The third kappa shape index (κ3) is 4.79. The summed E-state index contributed by atoms with van der Waals surface area (Å²) < 4.78 is 21.8. The van der Waals surface area contributed by atoms with Crippen molar-refractivity contribution in [3.63, 3.8) is 0 Å². The van der Waals surface area contributed by atoms with Crippen molar-refractivity contribution in [2.75, 3.05) is 28.4 Å². The molecule has 0 bridgehead atoms. The van der Waals surface area contributed by atoms with E-state index in [9.17, 15) is 4.79 Å². The minimum atomic E-state index is -0.578. The second-order valence-corrected chi connectivity index (χ2v) is 7.79. The number of rotatable bonds is 8. The smallest absolute Gasteiger partial charge is 0.366 e. The van der Waals surface area contributed by atoms with Crippen LogP contribution in [0.2, 0.25) is 0 Å². The summed E-state index contributed by atoms with van der Waals surface area (Å²) in [7, 11) is 6.24. The average molecular weight is 487 g/mol. The molecule has 0 atom stereocenters. The molecule has 0 unspecified atom stereocenters. The van der Waals surface area contributed by atoms with E-state index in [1.54, 1.807) is 65.0 Å². The Morgan fingerprint density at radius 2 is 1.44 bits per heavy atom. The zero-order valence-corrected chi connectivity index (χ0v) is 20.7. The van der Waals surface area contributed by atoms with Crippen LogP contribution in [0.3, 0.4) is 0 Å². The molecule has 0 aliphatic carbocycles. The number of ether oxygens (including phenoxy) is 4. The summed E-state index contributed by atoms with van der Waals surface area (Å²) in [6.45, 7) is 1.83. The van der Waals surface area contributed by atoms with Gasteiger partial charge in [0.1, 0.15) is 11.4 Å². The number of hydrogen-bond donors (Lipinski definition) is 0. The highest BCUT2D eigenvalue weighted by atomic mass is 16.7. The van der Waals surface area contributed by atoms with Gasteiger partial charge in [0.05, 0.1) is 34.0 Å². The van der Waals surface area contributed by atoms with Crippen molar-refractivity contribution in [1.82, 2.24) is 4.98 Å². The predicted octanol–water partition coefficient (Wildman–Crippen LogP) is 5.19. The van der Waals surface area contributed by atoms with Crippen LogP contribution in [-0.2, 0) is 4.84 Å². The van der Waals surface area contributed by atoms with Gasteiger partial charge in [-0.2, -0.15) is 0 Å². The Kier molecular flexibility index (Phi) is 7.34. The molecule has 0 saturated heterocycles. The summed E-state index contributed by atoms with van der Waals surface area (Å²) in [4.78, 5) is 22.9. The fourth-order valence-electron chi connectivity index (χ4n) is 3.84. The molecule has 184 valence electrons. The summed E-state index contributed by atoms with van der Waals surface area (Å²) in [5, 5.41) is 5.87. The second-order valence-electron chi connectivity index (χ2n) is 7.79. The molecule has 0 aliphatic rings. The van der Waals surface area contributed by atoms with E-state index >= 15 is 0 Å². The number of aryl methyl sites for hydroxylation is 1. The van der Waals surface area contributed by atoms with Gasteiger partial charge in [0.25, 0.3) is 0 Å². The van der Waals surface area contributed by atoms with Gasteiger partial charge < -0.3 is 23.8 Å². The summed E-state index contributed by atoms with van der Waals surface area (Å²) in [5.41, 5.74) is 2.63. The Morgan fingerprint density at radius 3 is 2.14 bits per heavy atom. The number of nitrogens with zero attached hydrogens (tertiary/aromatic N) is 2. The maximum Gasteiger partial charge on any atom is 0.366 e. The zero-order valence-electron chi connectivity index (χ0n) is 20.7. The molecule has 36 heavy (non-hydrogen) atoms. The largest absolute Gasteiger partial charge is 0.493 e. The van der Waals surface area contributed by atoms with Crippen LogP contribution in [0.15, 0.2) is 72.0 Å². The molecule has 0 amide bonds. The van der Waals surface area contributed by atoms with Crippen LogP contribution in [-0.4, -0.2) is 45.1 Å². The number of oxime groups is 1. The molecule has 3 aromatic carbocycles. The van der Waals surface area contributed by atoms with Gasteiger partial charge in [-0.3, -0.25) is 4.98 Å². The SMILES string of the molecule is COc1ccc(/C(=N\OC(=O)c2ccccc2C)c2nccc3cc(OC)c(OC)cc23)cc1OC. The summed E-state index contributed by atoms with van der Waals surface area (Å²) in [6, 6.07) is 18.0. The second kappa shape index (κ2) is 10.8. The summed E-state index contributed by atoms with van der Waals surface area (Å²) in [6.07, 6.45) is 1.66. The van der Waals surface area contributed by atoms with Crippen molar-refractivity contribution >= 4 is 22.5 Å². The molecule has 1 aromatic heterocycles. The number of carbonyl (C=O) groups is 1. The third-order valence-electron chi connectivity index (χ3n) is 5.73. The van der Waals surface area contributed by atoms with Gasteiger partial charge in [-0.15, -0.1) is 0 Å². The van der Waals surface area contributed by atoms with E-state index in [0.717, 1.165) is 16.3 Å². The molecule has 4 rings (SSSR count). The summed E-state index contributed by atoms with van der Waals surface area (Å²) in [5.74, 6) is 1.58. The Labute approximate surface area is 209 Å². The van der Waals surface area contributed by atoms with Crippen molar-refractivity contribution in [1.29, 1.82) is 0 Å². The first-order valence-corrected chi connectivity index (χ1v) is 11.1. The maximum absolute atomic E-state index is 12.9. The zero-order chi connectivity index (χ0) is 25.7. The lowest BCUT2D eigenvalue weighted by molar-refractivity contribution is 0.0516. The lowest BCUT2D eigenvalue weighted by atomic mass is 10.0. The van der Waals surface area contributed by atoms with Crippen LogP contribution in [0.25, 0.3) is 10.8 Å². The molecule has 8 nitrogen and oxygen atoms in total. The van der Waals surface area contributed by atoms with Crippen molar-refractivity contribution in [3.8, 4) is 23.0 Å². The molecule has 0 aliphatic heterocycles. The standard InChI is InChI=1S/C28H26N2O6/c1-17-8-6-7-9-20(17)28(31)36-30-26(19-10-11-22(32-2)23(15-19)33-3)27-21-16-25(35-5)24(34-4)14-18(21)12-13-29-27/h6-16H,1-5H3/b30-26+. The topological polar surface area (TPSA) is 88.5 Å². The van der Waals surface area contributed by atoms with Gasteiger partial charge in [0.2, 0.25) is 0 Å². The normalized spacial score (nSPS) is 11.2. The number of aromatic nitrogens is 1. The fourth-order valence-corrected chi connectivity index (χ4v) is 3.84. The van der Waals surface area contributed by atoms with Crippen molar-refractivity contribution in [2.45, 2.75) is 6.92 Å². The van der Waals surface area contributed by atoms with E-state index in [2.05, 4.69) is 10.1 Å². The van der Waals surface area contributed by atoms with Crippen molar-refractivity contribution < 1.29 is 28.6 Å². The van der Waals surface area contributed by atoms with E-state index in [1.165, 1.54) is 0 Å². The molecular weight excluding hydrogens is 460 g/mol. The van der Waals surface area contributed by atoms with Gasteiger partial charge in [-0.1, -0.05) is 23.4 Å². The summed E-state index contributed by atoms with van der Waals surface area (Å²) >= 11 is 0. The fraction of sp³-hybridized carbons (Fsp3) is 0.179. The van der Waals surface area contributed by atoms with Gasteiger partial charge in [-0.05, 0) is 60.3 Å². The molecule has 0 saturated carbocycles. The number of fused-ring (bicyclic) bond motifs is 1. The monoisotopic (exact) mass is 486 g/mol. The number of carbonyl (C=O) groups excluding carboxylic acids is 1. The Bertz CT molecular complexity index is 1450. The minimum absolute atomic E-state index is 0.329. The highest BCUT2D eigenvalue weighted by Crippen LogP contribution is 2.35. The highest BCUT2D eigenvalue weighted by Gasteiger charge is 2.19. The van der Waals surface area contributed by atoms with Crippen LogP contribution in [0.4, 0.5) is 0 Å². The van der Waals surface area contributed by atoms with Gasteiger partial charge in [0, 0.05) is 17.1 Å². The molecule has 0 spiro atoms. The van der Waals surface area contributed by atoms with Crippen LogP contribution in [0, 0.1) is 6.92 Å². The number of benzene rings is 3. The van der Waals surface area contributed by atoms with Crippen LogP contribution in [0.1, 0.15) is 27.2 Å². The van der Waals surface area contributed by atoms with Crippen molar-refractivity contribution in [3.05, 3.63) is 89.2 Å². The van der Waals surface area contributed by atoms with E-state index in [-0.39, 0.29) is 0 Å². The first-order valence-electron chi connectivity index (χ1n) is 11.1. The average Bonchev–Trinajstić information content (AvgIpc) is 2.92. The van der Waals surface area contributed by atoms with Crippen LogP contribution in [0.5, 0.6) is 23.0 Å². The maximum atomic E-state index is 12.9. The quantitative estimate of drug-likeness (QED) is 0.192. The van der Waals surface area contributed by atoms with Gasteiger partial charge >= 0.3 is 5.97 Å². The molecule has 1 heterocycles. The first-order chi connectivity index (χ1) is 17.5. The van der Waals surface area contributed by atoms with Crippen molar-refractivity contribution in [2.24, 2.45) is 5.16 Å². The lowest BCUT2D eigenvalue weighted by Gasteiger charge is -2.14. The first kappa shape index (κ1) is 24.5. The molecular formula is C28H26N2O6. The Balaban J connectivity index is 1.90. The molecule has 8 heteroatoms. The Hall–Kier alpha value is -4.59. The van der Waals surface area contributed by atoms with Crippen LogP contribution < -0.4 is 18.9 Å². The lowest BCUT2D eigenvalue weighted by Crippen LogP contribution is -2.11. The van der Waals surface area contributed by atoms with E-state index < -0.39 is 5.97 Å². The number of methoxy groups -OCH3 is 4.